The van der Waals surface area contributed by atoms with E-state index in [1.165, 1.54) is 0 Å². The molecule has 0 N–H and O–H groups in total. The van der Waals surface area contributed by atoms with E-state index in [0.29, 0.717) is 5.56 Å². The van der Waals surface area contributed by atoms with Crippen LogP contribution in [0.5, 0.6) is 5.75 Å². The largest absolute Gasteiger partial charge is 0.543 e. The van der Waals surface area contributed by atoms with E-state index in [1.54, 1.807) is 12.1 Å². The summed E-state index contributed by atoms with van der Waals surface area (Å²) in [5, 5.41) is 0.149. The van der Waals surface area contributed by atoms with Gasteiger partial charge in [0.05, 0.1) is 0 Å². The molecule has 94 valence electrons. The monoisotopic (exact) mass is 314 g/mol. The molecular formula is C13H19BrO2Si. The van der Waals surface area contributed by atoms with Crippen LogP contribution in [0.2, 0.25) is 18.1 Å². The molecule has 0 fully saturated rings. The average molecular weight is 315 g/mol. The SMILES string of the molecule is CC(C)(C)[Si](C)(C)Oc1cc(Br)cc(C=O)c1. The van der Waals surface area contributed by atoms with Crippen LogP contribution >= 0.6 is 15.9 Å². The van der Waals surface area contributed by atoms with Gasteiger partial charge in [-0.15, -0.1) is 0 Å². The molecule has 0 spiro atoms. The normalized spacial score (nSPS) is 12.4. The Balaban J connectivity index is 3.03. The maximum atomic E-state index is 10.8. The van der Waals surface area contributed by atoms with Crippen LogP contribution < -0.4 is 4.43 Å². The number of hydrogen-bond donors (Lipinski definition) is 0. The molecule has 1 aromatic rings. The topological polar surface area (TPSA) is 26.3 Å². The van der Waals surface area contributed by atoms with E-state index in [9.17, 15) is 4.79 Å². The summed E-state index contributed by atoms with van der Waals surface area (Å²) in [6, 6.07) is 5.48. The van der Waals surface area contributed by atoms with Crippen molar-refractivity contribution in [3.05, 3.63) is 28.2 Å². The maximum absolute atomic E-state index is 10.8. The Labute approximate surface area is 113 Å². The van der Waals surface area contributed by atoms with Gasteiger partial charge in [-0.3, -0.25) is 4.79 Å². The number of aldehydes is 1. The third-order valence-electron chi connectivity index (χ3n) is 3.21. The molecule has 1 aromatic carbocycles. The second-order valence-corrected chi connectivity index (χ2v) is 11.3. The summed E-state index contributed by atoms with van der Waals surface area (Å²) in [5.41, 5.74) is 0.632. The van der Waals surface area contributed by atoms with Gasteiger partial charge in [-0.1, -0.05) is 36.7 Å². The van der Waals surface area contributed by atoms with Gasteiger partial charge in [-0.05, 0) is 36.3 Å². The highest BCUT2D eigenvalue weighted by atomic mass is 79.9. The molecular weight excluding hydrogens is 296 g/mol. The third kappa shape index (κ3) is 3.68. The molecule has 0 saturated heterocycles. The number of hydrogen-bond acceptors (Lipinski definition) is 2. The van der Waals surface area contributed by atoms with Gasteiger partial charge < -0.3 is 4.43 Å². The molecule has 17 heavy (non-hydrogen) atoms. The molecule has 4 heteroatoms. The lowest BCUT2D eigenvalue weighted by atomic mass is 10.2. The summed E-state index contributed by atoms with van der Waals surface area (Å²) >= 11 is 3.39. The van der Waals surface area contributed by atoms with Crippen molar-refractivity contribution in [3.63, 3.8) is 0 Å². The minimum atomic E-state index is -1.84. The van der Waals surface area contributed by atoms with Crippen molar-refractivity contribution < 1.29 is 9.22 Å². The fourth-order valence-corrected chi connectivity index (χ4v) is 2.66. The second-order valence-electron chi connectivity index (χ2n) is 5.70. The predicted octanol–water partition coefficient (Wildman–Crippen LogP) is 4.65. The number of rotatable bonds is 3. The zero-order valence-corrected chi connectivity index (χ0v) is 13.6. The first-order valence-corrected chi connectivity index (χ1v) is 9.30. The van der Waals surface area contributed by atoms with Crippen molar-refractivity contribution in [2.45, 2.75) is 38.9 Å². The van der Waals surface area contributed by atoms with Crippen molar-refractivity contribution in [2.75, 3.05) is 0 Å². The summed E-state index contributed by atoms with van der Waals surface area (Å²) in [7, 11) is -1.84. The van der Waals surface area contributed by atoms with E-state index in [4.69, 9.17) is 4.43 Å². The molecule has 0 atom stereocenters. The molecule has 0 aromatic heterocycles. The van der Waals surface area contributed by atoms with Gasteiger partial charge in [0.25, 0.3) is 0 Å². The Morgan fingerprint density at radius 1 is 1.24 bits per heavy atom. The van der Waals surface area contributed by atoms with E-state index in [2.05, 4.69) is 49.8 Å². The average Bonchev–Trinajstić information content (AvgIpc) is 2.14. The van der Waals surface area contributed by atoms with Crippen LogP contribution in [-0.4, -0.2) is 14.6 Å². The third-order valence-corrected chi connectivity index (χ3v) is 8.03. The fourth-order valence-electron chi connectivity index (χ4n) is 1.16. The highest BCUT2D eigenvalue weighted by molar-refractivity contribution is 9.10. The van der Waals surface area contributed by atoms with Crippen molar-refractivity contribution in [3.8, 4) is 5.75 Å². The maximum Gasteiger partial charge on any atom is 0.250 e. The molecule has 0 unspecified atom stereocenters. The van der Waals surface area contributed by atoms with Crippen molar-refractivity contribution in [1.82, 2.24) is 0 Å². The van der Waals surface area contributed by atoms with Gasteiger partial charge in [0.2, 0.25) is 8.32 Å². The van der Waals surface area contributed by atoms with Crippen molar-refractivity contribution in [1.29, 1.82) is 0 Å². The van der Waals surface area contributed by atoms with Crippen molar-refractivity contribution >= 4 is 30.5 Å². The molecule has 0 heterocycles. The van der Waals surface area contributed by atoms with E-state index in [-0.39, 0.29) is 5.04 Å². The number of carbonyl (C=O) groups excluding carboxylic acids is 1. The molecule has 2 nitrogen and oxygen atoms in total. The highest BCUT2D eigenvalue weighted by Gasteiger charge is 2.39. The lowest BCUT2D eigenvalue weighted by Crippen LogP contribution is -2.43. The zero-order valence-electron chi connectivity index (χ0n) is 11.0. The summed E-state index contributed by atoms with van der Waals surface area (Å²) < 4.78 is 7.01. The summed E-state index contributed by atoms with van der Waals surface area (Å²) in [6.07, 6.45) is 0.837. The Hall–Kier alpha value is -0.613. The van der Waals surface area contributed by atoms with E-state index < -0.39 is 8.32 Å². The van der Waals surface area contributed by atoms with E-state index >= 15 is 0 Å². The standard InChI is InChI=1S/C13H19BrO2Si/c1-13(2,3)17(4,5)16-12-7-10(9-15)6-11(14)8-12/h6-9H,1-5H3. The van der Waals surface area contributed by atoms with Gasteiger partial charge >= 0.3 is 0 Å². The van der Waals surface area contributed by atoms with E-state index in [0.717, 1.165) is 16.5 Å². The minimum Gasteiger partial charge on any atom is -0.543 e. The summed E-state index contributed by atoms with van der Waals surface area (Å²) in [6.45, 7) is 11.0. The first-order chi connectivity index (χ1) is 7.65. The molecule has 0 radical (unpaired) electrons. The Morgan fingerprint density at radius 2 is 1.82 bits per heavy atom. The van der Waals surface area contributed by atoms with Gasteiger partial charge in [0.15, 0.2) is 0 Å². The molecule has 1 rings (SSSR count). The summed E-state index contributed by atoms with van der Waals surface area (Å²) in [4.78, 5) is 10.8. The molecule has 0 aliphatic rings. The predicted molar refractivity (Wildman–Crippen MR) is 77.4 cm³/mol. The molecule has 0 bridgehead atoms. The fraction of sp³-hybridized carbons (Fsp3) is 0.462. The smallest absolute Gasteiger partial charge is 0.250 e. The van der Waals surface area contributed by atoms with Crippen LogP contribution in [-0.2, 0) is 0 Å². The number of carbonyl (C=O) groups is 1. The van der Waals surface area contributed by atoms with Crippen LogP contribution in [0.1, 0.15) is 31.1 Å². The quantitative estimate of drug-likeness (QED) is 0.600. The lowest BCUT2D eigenvalue weighted by molar-refractivity contribution is 0.112. The molecule has 0 aliphatic carbocycles. The molecule has 0 amide bonds. The Bertz CT molecular complexity index is 422. The molecule has 0 aliphatic heterocycles. The van der Waals surface area contributed by atoms with Crippen LogP contribution in [0.4, 0.5) is 0 Å². The molecule has 0 saturated carbocycles. The second kappa shape index (κ2) is 4.94. The lowest BCUT2D eigenvalue weighted by Gasteiger charge is -2.36. The number of halogens is 1. The summed E-state index contributed by atoms with van der Waals surface area (Å²) in [5.74, 6) is 0.771. The number of benzene rings is 1. The Morgan fingerprint density at radius 3 is 2.29 bits per heavy atom. The zero-order chi connectivity index (χ0) is 13.3. The van der Waals surface area contributed by atoms with Crippen molar-refractivity contribution in [2.24, 2.45) is 0 Å². The van der Waals surface area contributed by atoms with Gasteiger partial charge in [-0.25, -0.2) is 0 Å². The van der Waals surface area contributed by atoms with Gasteiger partial charge in [0, 0.05) is 10.0 Å². The van der Waals surface area contributed by atoms with Gasteiger partial charge in [0.1, 0.15) is 12.0 Å². The van der Waals surface area contributed by atoms with Crippen LogP contribution in [0.25, 0.3) is 0 Å². The highest BCUT2D eigenvalue weighted by Crippen LogP contribution is 2.37. The first-order valence-electron chi connectivity index (χ1n) is 5.60. The Kier molecular flexibility index (Phi) is 4.20. The van der Waals surface area contributed by atoms with E-state index in [1.807, 2.05) is 6.07 Å². The van der Waals surface area contributed by atoms with Gasteiger partial charge in [-0.2, -0.15) is 0 Å². The first kappa shape index (κ1) is 14.4. The van der Waals surface area contributed by atoms with Crippen LogP contribution in [0.3, 0.4) is 0 Å². The van der Waals surface area contributed by atoms with Crippen LogP contribution in [0, 0.1) is 0 Å². The van der Waals surface area contributed by atoms with Crippen LogP contribution in [0.15, 0.2) is 22.7 Å². The minimum absolute atomic E-state index is 0.149.